The monoisotopic (exact) mass is 348 g/mol. The molecule has 1 heterocycles. The summed E-state index contributed by atoms with van der Waals surface area (Å²) in [5.41, 5.74) is 1.02. The highest BCUT2D eigenvalue weighted by molar-refractivity contribution is 9.10. The topological polar surface area (TPSA) is 27.7 Å². The minimum Gasteiger partial charge on any atom is -0.493 e. The highest BCUT2D eigenvalue weighted by atomic mass is 79.9. The molecule has 0 radical (unpaired) electrons. The number of alkyl halides is 1. The van der Waals surface area contributed by atoms with Crippen LogP contribution >= 0.6 is 27.5 Å². The van der Waals surface area contributed by atoms with E-state index >= 15 is 0 Å². The molecule has 106 valence electrons. The van der Waals surface area contributed by atoms with Crippen molar-refractivity contribution in [3.63, 3.8) is 0 Å². The Morgan fingerprint density at radius 1 is 1.32 bits per heavy atom. The van der Waals surface area contributed by atoms with E-state index in [1.807, 2.05) is 12.1 Å². The van der Waals surface area contributed by atoms with Crippen molar-refractivity contribution >= 4 is 27.5 Å². The molecular weight excluding hydrogens is 332 g/mol. The maximum Gasteiger partial charge on any atom is 0.161 e. The summed E-state index contributed by atoms with van der Waals surface area (Å²) in [7, 11) is 3.25. The van der Waals surface area contributed by atoms with E-state index in [1.54, 1.807) is 14.2 Å². The lowest BCUT2D eigenvalue weighted by atomic mass is 9.93. The van der Waals surface area contributed by atoms with Gasteiger partial charge in [-0.1, -0.05) is 15.9 Å². The van der Waals surface area contributed by atoms with Gasteiger partial charge in [0.15, 0.2) is 11.5 Å². The zero-order valence-corrected chi connectivity index (χ0v) is 13.5. The molecule has 1 fully saturated rings. The van der Waals surface area contributed by atoms with Gasteiger partial charge in [0.05, 0.1) is 26.2 Å². The highest BCUT2D eigenvalue weighted by Gasteiger charge is 2.26. The fourth-order valence-corrected chi connectivity index (χ4v) is 3.41. The fourth-order valence-electron chi connectivity index (χ4n) is 2.33. The molecule has 0 aliphatic carbocycles. The van der Waals surface area contributed by atoms with Gasteiger partial charge in [0.1, 0.15) is 0 Å². The Balaban J connectivity index is 2.27. The van der Waals surface area contributed by atoms with Crippen LogP contribution in [0.3, 0.4) is 0 Å². The van der Waals surface area contributed by atoms with Crippen LogP contribution in [-0.4, -0.2) is 27.4 Å². The van der Waals surface area contributed by atoms with E-state index in [2.05, 4.69) is 15.9 Å². The first-order chi connectivity index (χ1) is 9.17. The normalized spacial score (nSPS) is 20.9. The smallest absolute Gasteiger partial charge is 0.161 e. The molecule has 1 aliphatic heterocycles. The van der Waals surface area contributed by atoms with E-state index in [0.29, 0.717) is 17.4 Å². The Kier molecular flexibility index (Phi) is 5.37. The van der Waals surface area contributed by atoms with Gasteiger partial charge in [-0.05, 0) is 30.5 Å². The Hall–Kier alpha value is -0.450. The first kappa shape index (κ1) is 14.9. The van der Waals surface area contributed by atoms with Crippen molar-refractivity contribution in [3.05, 3.63) is 22.2 Å². The second kappa shape index (κ2) is 6.82. The SMILES string of the molecule is COc1cc(Br)c(C(Cl)C2CCCOC2)cc1OC. The molecular formula is C14H18BrClO3. The zero-order chi connectivity index (χ0) is 13.8. The van der Waals surface area contributed by atoms with Gasteiger partial charge in [-0.25, -0.2) is 0 Å². The van der Waals surface area contributed by atoms with E-state index in [0.717, 1.165) is 36.1 Å². The third kappa shape index (κ3) is 3.36. The van der Waals surface area contributed by atoms with Crippen LogP contribution in [0, 0.1) is 5.92 Å². The molecule has 5 heteroatoms. The molecule has 1 aromatic rings. The van der Waals surface area contributed by atoms with Crippen molar-refractivity contribution in [2.75, 3.05) is 27.4 Å². The summed E-state index contributed by atoms with van der Waals surface area (Å²) >= 11 is 10.2. The van der Waals surface area contributed by atoms with Gasteiger partial charge in [-0.3, -0.25) is 0 Å². The lowest BCUT2D eigenvalue weighted by Crippen LogP contribution is -2.21. The van der Waals surface area contributed by atoms with Crippen molar-refractivity contribution in [2.24, 2.45) is 5.92 Å². The third-order valence-corrected chi connectivity index (χ3v) is 4.69. The predicted molar refractivity (Wildman–Crippen MR) is 79.4 cm³/mol. The number of halogens is 2. The van der Waals surface area contributed by atoms with Crippen LogP contribution in [0.1, 0.15) is 23.8 Å². The second-order valence-electron chi connectivity index (χ2n) is 4.61. The minimum absolute atomic E-state index is 0.0884. The lowest BCUT2D eigenvalue weighted by molar-refractivity contribution is 0.0531. The van der Waals surface area contributed by atoms with Crippen LogP contribution in [0.25, 0.3) is 0 Å². The second-order valence-corrected chi connectivity index (χ2v) is 5.93. The minimum atomic E-state index is -0.0884. The molecule has 1 aromatic carbocycles. The molecule has 2 rings (SSSR count). The van der Waals surface area contributed by atoms with Crippen LogP contribution in [-0.2, 0) is 4.74 Å². The molecule has 0 N–H and O–H groups in total. The van der Waals surface area contributed by atoms with Gasteiger partial charge in [0, 0.05) is 17.0 Å². The van der Waals surface area contributed by atoms with Gasteiger partial charge in [-0.2, -0.15) is 0 Å². The van der Waals surface area contributed by atoms with Crippen LogP contribution in [0.15, 0.2) is 16.6 Å². The molecule has 2 unspecified atom stereocenters. The predicted octanol–water partition coefficient (Wildman–Crippen LogP) is 4.17. The van der Waals surface area contributed by atoms with E-state index in [9.17, 15) is 0 Å². The molecule has 1 saturated heterocycles. The molecule has 2 atom stereocenters. The molecule has 1 aliphatic rings. The Labute approximate surface area is 127 Å². The maximum atomic E-state index is 6.61. The van der Waals surface area contributed by atoms with E-state index in [4.69, 9.17) is 25.8 Å². The molecule has 0 bridgehead atoms. The summed E-state index contributed by atoms with van der Waals surface area (Å²) in [5, 5.41) is -0.0884. The summed E-state index contributed by atoms with van der Waals surface area (Å²) in [5.74, 6) is 1.73. The average Bonchev–Trinajstić information content (AvgIpc) is 2.47. The van der Waals surface area contributed by atoms with Crippen LogP contribution in [0.5, 0.6) is 11.5 Å². The highest BCUT2D eigenvalue weighted by Crippen LogP contribution is 2.42. The summed E-state index contributed by atoms with van der Waals surface area (Å²) in [6, 6.07) is 3.84. The Morgan fingerprint density at radius 3 is 2.58 bits per heavy atom. The standard InChI is InChI=1S/C14H18BrClO3/c1-17-12-6-10(11(15)7-13(12)18-2)14(16)9-4-3-5-19-8-9/h6-7,9,14H,3-5,8H2,1-2H3. The van der Waals surface area contributed by atoms with Crippen molar-refractivity contribution in [2.45, 2.75) is 18.2 Å². The number of methoxy groups -OCH3 is 2. The van der Waals surface area contributed by atoms with Crippen molar-refractivity contribution in [1.82, 2.24) is 0 Å². The molecule has 3 nitrogen and oxygen atoms in total. The van der Waals surface area contributed by atoms with E-state index in [1.165, 1.54) is 0 Å². The number of hydrogen-bond donors (Lipinski definition) is 0. The first-order valence-corrected chi connectivity index (χ1v) is 7.53. The van der Waals surface area contributed by atoms with Crippen LogP contribution < -0.4 is 9.47 Å². The molecule has 19 heavy (non-hydrogen) atoms. The molecule has 0 amide bonds. The van der Waals surface area contributed by atoms with Gasteiger partial charge < -0.3 is 14.2 Å². The van der Waals surface area contributed by atoms with E-state index < -0.39 is 0 Å². The van der Waals surface area contributed by atoms with Gasteiger partial charge in [0.25, 0.3) is 0 Å². The third-order valence-electron chi connectivity index (χ3n) is 3.41. The van der Waals surface area contributed by atoms with Gasteiger partial charge in [0.2, 0.25) is 0 Å². The summed E-state index contributed by atoms with van der Waals surface area (Å²) in [6.07, 6.45) is 2.16. The summed E-state index contributed by atoms with van der Waals surface area (Å²) < 4.78 is 17.1. The molecule has 0 saturated carbocycles. The number of benzene rings is 1. The number of rotatable bonds is 4. The summed E-state index contributed by atoms with van der Waals surface area (Å²) in [4.78, 5) is 0. The number of ether oxygens (including phenoxy) is 3. The molecule has 0 spiro atoms. The van der Waals surface area contributed by atoms with Crippen molar-refractivity contribution < 1.29 is 14.2 Å². The maximum absolute atomic E-state index is 6.61. The van der Waals surface area contributed by atoms with Gasteiger partial charge >= 0.3 is 0 Å². The van der Waals surface area contributed by atoms with Crippen LogP contribution in [0.4, 0.5) is 0 Å². The Bertz CT molecular complexity index is 433. The first-order valence-electron chi connectivity index (χ1n) is 6.30. The lowest BCUT2D eigenvalue weighted by Gasteiger charge is -2.27. The quantitative estimate of drug-likeness (QED) is 0.764. The zero-order valence-electron chi connectivity index (χ0n) is 11.1. The molecule has 0 aromatic heterocycles. The van der Waals surface area contributed by atoms with Crippen LogP contribution in [0.2, 0.25) is 0 Å². The van der Waals surface area contributed by atoms with Crippen molar-refractivity contribution in [3.8, 4) is 11.5 Å². The largest absolute Gasteiger partial charge is 0.493 e. The fraction of sp³-hybridized carbons (Fsp3) is 0.571. The van der Waals surface area contributed by atoms with Crippen molar-refractivity contribution in [1.29, 1.82) is 0 Å². The average molecular weight is 350 g/mol. The van der Waals surface area contributed by atoms with E-state index in [-0.39, 0.29) is 5.38 Å². The van der Waals surface area contributed by atoms with Gasteiger partial charge in [-0.15, -0.1) is 11.6 Å². The Morgan fingerprint density at radius 2 is 2.00 bits per heavy atom. The summed E-state index contributed by atoms with van der Waals surface area (Å²) in [6.45, 7) is 1.56. The number of hydrogen-bond acceptors (Lipinski definition) is 3.